The van der Waals surface area contributed by atoms with Crippen molar-refractivity contribution < 1.29 is 13.9 Å². The van der Waals surface area contributed by atoms with Crippen LogP contribution in [-0.2, 0) is 9.53 Å². The number of esters is 1. The standard InChI is InChI=1S/C22H20N2O3/c1-12-7-17(13(2)26-12)19(8-18(14-3-4-14)15-5-6-15)20-9-21(25)27-22(20)16(10-23)11-24/h7-8,14-15H,3-6,9H2,1-2H3/b20-19+. The Bertz CT molecular complexity index is 969. The van der Waals surface area contributed by atoms with Gasteiger partial charge in [0.2, 0.25) is 0 Å². The van der Waals surface area contributed by atoms with E-state index in [-0.39, 0.29) is 17.8 Å². The fraction of sp³-hybridized carbons (Fsp3) is 0.409. The maximum absolute atomic E-state index is 12.1. The summed E-state index contributed by atoms with van der Waals surface area (Å²) in [5.74, 6) is 2.42. The predicted octanol–water partition coefficient (Wildman–Crippen LogP) is 4.64. The molecule has 0 spiro atoms. The van der Waals surface area contributed by atoms with E-state index in [0.29, 0.717) is 17.4 Å². The van der Waals surface area contributed by atoms with Gasteiger partial charge < -0.3 is 9.15 Å². The van der Waals surface area contributed by atoms with Crippen molar-refractivity contribution in [2.24, 2.45) is 11.8 Å². The van der Waals surface area contributed by atoms with Gasteiger partial charge in [0.05, 0.1) is 6.42 Å². The molecule has 2 aliphatic carbocycles. The largest absolute Gasteiger partial charge is 0.466 e. The molecule has 0 bridgehead atoms. The van der Waals surface area contributed by atoms with Crippen LogP contribution < -0.4 is 0 Å². The molecule has 1 aromatic heterocycles. The summed E-state index contributed by atoms with van der Waals surface area (Å²) in [5.41, 5.74) is 3.61. The van der Waals surface area contributed by atoms with Crippen LogP contribution in [0.1, 0.15) is 49.2 Å². The summed E-state index contributed by atoms with van der Waals surface area (Å²) in [4.78, 5) is 12.1. The van der Waals surface area contributed by atoms with Crippen LogP contribution in [0, 0.1) is 48.3 Å². The molecule has 136 valence electrons. The molecular weight excluding hydrogens is 340 g/mol. The van der Waals surface area contributed by atoms with Crippen molar-refractivity contribution in [2.45, 2.75) is 46.0 Å². The number of hydrogen-bond acceptors (Lipinski definition) is 5. The zero-order valence-electron chi connectivity index (χ0n) is 15.5. The molecule has 0 unspecified atom stereocenters. The SMILES string of the molecule is Cc1cc(/C(C=C(C2CC2)C2CC2)=C2\CC(=O)OC2=C(C#N)C#N)c(C)o1. The molecule has 27 heavy (non-hydrogen) atoms. The number of allylic oxidation sites excluding steroid dienone is 5. The lowest BCUT2D eigenvalue weighted by atomic mass is 9.92. The Morgan fingerprint density at radius 2 is 1.78 bits per heavy atom. The third-order valence-corrected chi connectivity index (χ3v) is 5.33. The van der Waals surface area contributed by atoms with Crippen molar-refractivity contribution in [3.63, 3.8) is 0 Å². The lowest BCUT2D eigenvalue weighted by molar-refractivity contribution is -0.135. The van der Waals surface area contributed by atoms with Gasteiger partial charge in [0.25, 0.3) is 0 Å². The predicted molar refractivity (Wildman–Crippen MR) is 97.6 cm³/mol. The van der Waals surface area contributed by atoms with Crippen molar-refractivity contribution >= 4 is 11.5 Å². The van der Waals surface area contributed by atoms with Crippen LogP contribution in [0.2, 0.25) is 0 Å². The molecule has 0 aromatic carbocycles. The molecule has 5 nitrogen and oxygen atoms in total. The highest BCUT2D eigenvalue weighted by atomic mass is 16.5. The van der Waals surface area contributed by atoms with Crippen molar-refractivity contribution in [2.75, 3.05) is 0 Å². The van der Waals surface area contributed by atoms with Gasteiger partial charge >= 0.3 is 5.97 Å². The molecule has 1 aromatic rings. The number of nitrogens with zero attached hydrogens (tertiary/aromatic N) is 2. The molecule has 1 aliphatic heterocycles. The van der Waals surface area contributed by atoms with Crippen LogP contribution in [0.5, 0.6) is 0 Å². The molecule has 0 radical (unpaired) electrons. The highest BCUT2D eigenvalue weighted by Crippen LogP contribution is 2.50. The average Bonchev–Trinajstić information content (AvgIpc) is 3.55. The lowest BCUT2D eigenvalue weighted by Crippen LogP contribution is -1.97. The van der Waals surface area contributed by atoms with Crippen molar-refractivity contribution in [3.05, 3.63) is 51.7 Å². The van der Waals surface area contributed by atoms with Crippen molar-refractivity contribution in [1.29, 1.82) is 10.5 Å². The Morgan fingerprint density at radius 1 is 1.15 bits per heavy atom. The monoisotopic (exact) mass is 360 g/mol. The second-order valence-corrected chi connectivity index (χ2v) is 7.49. The van der Waals surface area contributed by atoms with E-state index in [1.807, 2.05) is 32.1 Å². The van der Waals surface area contributed by atoms with Gasteiger partial charge in [-0.15, -0.1) is 0 Å². The van der Waals surface area contributed by atoms with Gasteiger partial charge in [0.1, 0.15) is 23.7 Å². The zero-order chi connectivity index (χ0) is 19.1. The minimum Gasteiger partial charge on any atom is -0.466 e. The topological polar surface area (TPSA) is 87.0 Å². The van der Waals surface area contributed by atoms with Crippen molar-refractivity contribution in [3.8, 4) is 12.1 Å². The van der Waals surface area contributed by atoms with E-state index in [0.717, 1.165) is 22.7 Å². The molecular formula is C22H20N2O3. The van der Waals surface area contributed by atoms with Gasteiger partial charge in [-0.3, -0.25) is 4.79 Å². The van der Waals surface area contributed by atoms with E-state index >= 15 is 0 Å². The fourth-order valence-electron chi connectivity index (χ4n) is 3.78. The molecule has 2 heterocycles. The first kappa shape index (κ1) is 17.4. The summed E-state index contributed by atoms with van der Waals surface area (Å²) >= 11 is 0. The summed E-state index contributed by atoms with van der Waals surface area (Å²) < 4.78 is 11.0. The van der Waals surface area contributed by atoms with Crippen LogP contribution in [0.15, 0.2) is 39.0 Å². The summed E-state index contributed by atoms with van der Waals surface area (Å²) in [6, 6.07) is 5.66. The molecule has 0 N–H and O–H groups in total. The summed E-state index contributed by atoms with van der Waals surface area (Å²) in [6.45, 7) is 3.77. The molecule has 4 rings (SSSR count). The van der Waals surface area contributed by atoms with Crippen LogP contribution in [0.25, 0.3) is 5.57 Å². The minimum atomic E-state index is -0.439. The fourth-order valence-corrected chi connectivity index (χ4v) is 3.78. The quantitative estimate of drug-likeness (QED) is 0.576. The number of nitriles is 2. The number of aryl methyl sites for hydroxylation is 2. The van der Waals surface area contributed by atoms with E-state index in [1.54, 1.807) is 0 Å². The Balaban J connectivity index is 1.96. The first-order valence-electron chi connectivity index (χ1n) is 9.29. The second kappa shape index (κ2) is 6.59. The number of carbonyl (C=O) groups excluding carboxylic acids is 1. The highest BCUT2D eigenvalue weighted by Gasteiger charge is 2.38. The minimum absolute atomic E-state index is 0.0559. The van der Waals surface area contributed by atoms with Crippen LogP contribution >= 0.6 is 0 Å². The van der Waals surface area contributed by atoms with Crippen LogP contribution in [-0.4, -0.2) is 5.97 Å². The Morgan fingerprint density at radius 3 is 2.26 bits per heavy atom. The van der Waals surface area contributed by atoms with Gasteiger partial charge in [-0.25, -0.2) is 0 Å². The van der Waals surface area contributed by atoms with Gasteiger partial charge in [-0.05, 0) is 63.0 Å². The summed E-state index contributed by atoms with van der Waals surface area (Å²) in [7, 11) is 0. The van der Waals surface area contributed by atoms with Crippen LogP contribution in [0.4, 0.5) is 0 Å². The summed E-state index contributed by atoms with van der Waals surface area (Å²) in [5, 5.41) is 18.6. The number of furan rings is 1. The van der Waals surface area contributed by atoms with Gasteiger partial charge in [0.15, 0.2) is 11.3 Å². The van der Waals surface area contributed by atoms with Crippen LogP contribution in [0.3, 0.4) is 0 Å². The Labute approximate surface area is 158 Å². The first-order valence-corrected chi connectivity index (χ1v) is 9.29. The maximum atomic E-state index is 12.1. The number of hydrogen-bond donors (Lipinski definition) is 0. The third-order valence-electron chi connectivity index (χ3n) is 5.33. The zero-order valence-corrected chi connectivity index (χ0v) is 15.5. The lowest BCUT2D eigenvalue weighted by Gasteiger charge is -2.11. The molecule has 2 saturated carbocycles. The van der Waals surface area contributed by atoms with E-state index < -0.39 is 5.97 Å². The van der Waals surface area contributed by atoms with Gasteiger partial charge in [-0.1, -0.05) is 11.6 Å². The number of carbonyl (C=O) groups is 1. The summed E-state index contributed by atoms with van der Waals surface area (Å²) in [6.07, 6.45) is 7.04. The van der Waals surface area contributed by atoms with Gasteiger partial charge in [0, 0.05) is 11.1 Å². The maximum Gasteiger partial charge on any atom is 0.315 e. The molecule has 1 saturated heterocycles. The van der Waals surface area contributed by atoms with Crippen molar-refractivity contribution in [1.82, 2.24) is 0 Å². The number of ether oxygens (including phenoxy) is 1. The Kier molecular flexibility index (Phi) is 4.24. The number of cyclic esters (lactones) is 1. The van der Waals surface area contributed by atoms with E-state index in [9.17, 15) is 15.3 Å². The first-order chi connectivity index (χ1) is 13.0. The Hall–Kier alpha value is -3.05. The van der Waals surface area contributed by atoms with E-state index in [4.69, 9.17) is 9.15 Å². The molecule has 5 heteroatoms. The molecule has 3 fully saturated rings. The molecule has 0 atom stereocenters. The van der Waals surface area contributed by atoms with E-state index in [2.05, 4.69) is 6.08 Å². The molecule has 0 amide bonds. The highest BCUT2D eigenvalue weighted by molar-refractivity contribution is 5.91. The second-order valence-electron chi connectivity index (χ2n) is 7.49. The van der Waals surface area contributed by atoms with Gasteiger partial charge in [-0.2, -0.15) is 10.5 Å². The smallest absolute Gasteiger partial charge is 0.315 e. The van der Waals surface area contributed by atoms with E-state index in [1.165, 1.54) is 31.3 Å². The third kappa shape index (κ3) is 3.34. The normalized spacial score (nSPS) is 20.6. The average molecular weight is 360 g/mol. The molecule has 3 aliphatic rings. The number of rotatable bonds is 4.